The highest BCUT2D eigenvalue weighted by atomic mass is 32.1. The van der Waals surface area contributed by atoms with Gasteiger partial charge in [0.25, 0.3) is 0 Å². The number of hydrogen-bond acceptors (Lipinski definition) is 3. The lowest BCUT2D eigenvalue weighted by atomic mass is 10.2. The number of rotatable bonds is 0. The first kappa shape index (κ1) is 6.91. The van der Waals surface area contributed by atoms with Crippen LogP contribution >= 0.6 is 11.3 Å². The topological polar surface area (TPSA) is 43.8 Å². The van der Waals surface area contributed by atoms with Crippen LogP contribution in [-0.4, -0.2) is 9.89 Å². The number of aromatic nitrogens is 2. The molecule has 0 aliphatic heterocycles. The third kappa shape index (κ3) is 0.805. The maximum Gasteiger partial charge on any atom is 0.0930 e. The van der Waals surface area contributed by atoms with Crippen LogP contribution in [0.1, 0.15) is 0 Å². The Balaban J connectivity index is 2.66. The summed E-state index contributed by atoms with van der Waals surface area (Å²) in [5.41, 5.74) is 0.981. The molecular formula is C9H7N3S. The van der Waals surface area contributed by atoms with Gasteiger partial charge < -0.3 is 5.84 Å². The molecule has 1 aromatic carbocycles. The molecule has 0 saturated heterocycles. The van der Waals surface area contributed by atoms with E-state index in [1.54, 1.807) is 11.3 Å². The lowest BCUT2D eigenvalue weighted by Gasteiger charge is -1.93. The summed E-state index contributed by atoms with van der Waals surface area (Å²) in [5, 5.41) is 8.50. The molecule has 0 radical (unpaired) electrons. The van der Waals surface area contributed by atoms with Crippen molar-refractivity contribution in [3.8, 4) is 0 Å². The molecule has 3 rings (SSSR count). The fourth-order valence-electron chi connectivity index (χ4n) is 1.55. The number of fused-ring (bicyclic) bond motifs is 3. The Hall–Kier alpha value is -1.55. The zero-order chi connectivity index (χ0) is 8.84. The van der Waals surface area contributed by atoms with Crippen molar-refractivity contribution in [2.75, 3.05) is 5.84 Å². The standard InChI is InChI=1S/C9H7N3S/c10-12-8-2-1-6-3-4-13-9(6)7(8)5-11-12/h1-5H,10H2. The van der Waals surface area contributed by atoms with E-state index in [0.717, 1.165) is 10.9 Å². The second-order valence-corrected chi connectivity index (χ2v) is 3.84. The second-order valence-electron chi connectivity index (χ2n) is 2.93. The van der Waals surface area contributed by atoms with Crippen molar-refractivity contribution in [3.63, 3.8) is 0 Å². The van der Waals surface area contributed by atoms with Crippen LogP contribution in [0.5, 0.6) is 0 Å². The van der Waals surface area contributed by atoms with Crippen LogP contribution < -0.4 is 5.84 Å². The van der Waals surface area contributed by atoms with Gasteiger partial charge in [-0.3, -0.25) is 0 Å². The van der Waals surface area contributed by atoms with Crippen molar-refractivity contribution in [2.45, 2.75) is 0 Å². The molecule has 0 saturated carbocycles. The van der Waals surface area contributed by atoms with Crippen LogP contribution in [0.3, 0.4) is 0 Å². The first-order valence-electron chi connectivity index (χ1n) is 3.95. The highest BCUT2D eigenvalue weighted by Crippen LogP contribution is 2.28. The van der Waals surface area contributed by atoms with Gasteiger partial charge in [-0.2, -0.15) is 9.89 Å². The molecule has 2 N–H and O–H groups in total. The first-order chi connectivity index (χ1) is 6.36. The number of hydrogen-bond donors (Lipinski definition) is 1. The smallest absolute Gasteiger partial charge is 0.0930 e. The highest BCUT2D eigenvalue weighted by molar-refractivity contribution is 7.18. The molecule has 0 aliphatic rings. The van der Waals surface area contributed by atoms with E-state index in [-0.39, 0.29) is 0 Å². The Labute approximate surface area is 78.4 Å². The lowest BCUT2D eigenvalue weighted by Crippen LogP contribution is -2.08. The Morgan fingerprint density at radius 3 is 3.15 bits per heavy atom. The van der Waals surface area contributed by atoms with Crippen molar-refractivity contribution in [2.24, 2.45) is 0 Å². The van der Waals surface area contributed by atoms with Gasteiger partial charge >= 0.3 is 0 Å². The molecule has 13 heavy (non-hydrogen) atoms. The maximum atomic E-state index is 5.65. The van der Waals surface area contributed by atoms with Gasteiger partial charge in [-0.1, -0.05) is 6.07 Å². The largest absolute Gasteiger partial charge is 0.323 e. The molecule has 2 heterocycles. The Kier molecular flexibility index (Phi) is 1.19. The minimum atomic E-state index is 0.981. The molecule has 3 nitrogen and oxygen atoms in total. The molecule has 0 spiro atoms. The number of nitrogens with two attached hydrogens (primary N) is 1. The van der Waals surface area contributed by atoms with Crippen LogP contribution in [-0.2, 0) is 0 Å². The van der Waals surface area contributed by atoms with Gasteiger partial charge in [0, 0.05) is 10.1 Å². The van der Waals surface area contributed by atoms with Crippen molar-refractivity contribution in [1.82, 2.24) is 9.89 Å². The van der Waals surface area contributed by atoms with Crippen molar-refractivity contribution >= 4 is 32.3 Å². The highest BCUT2D eigenvalue weighted by Gasteiger charge is 2.04. The van der Waals surface area contributed by atoms with Crippen LogP contribution in [0.15, 0.2) is 29.8 Å². The minimum absolute atomic E-state index is 0.981. The van der Waals surface area contributed by atoms with E-state index in [2.05, 4.69) is 22.6 Å². The van der Waals surface area contributed by atoms with E-state index in [0.29, 0.717) is 0 Å². The molecule has 2 aromatic heterocycles. The average molecular weight is 189 g/mol. The lowest BCUT2D eigenvalue weighted by molar-refractivity contribution is 0.863. The molecule has 64 valence electrons. The van der Waals surface area contributed by atoms with E-state index in [1.807, 2.05) is 12.3 Å². The summed E-state index contributed by atoms with van der Waals surface area (Å²) >= 11 is 1.72. The number of nitrogen functional groups attached to an aromatic ring is 1. The van der Waals surface area contributed by atoms with E-state index in [9.17, 15) is 0 Å². The summed E-state index contributed by atoms with van der Waals surface area (Å²) in [4.78, 5) is 1.41. The van der Waals surface area contributed by atoms with Crippen LogP contribution in [0.2, 0.25) is 0 Å². The van der Waals surface area contributed by atoms with Crippen molar-refractivity contribution in [1.29, 1.82) is 0 Å². The number of nitrogens with zero attached hydrogens (tertiary/aromatic N) is 2. The van der Waals surface area contributed by atoms with Crippen LogP contribution in [0, 0.1) is 0 Å². The summed E-state index contributed by atoms with van der Waals surface area (Å²) in [5.74, 6) is 5.65. The average Bonchev–Trinajstić information content (AvgIpc) is 2.70. The van der Waals surface area contributed by atoms with Gasteiger partial charge in [-0.15, -0.1) is 11.3 Å². The van der Waals surface area contributed by atoms with Crippen molar-refractivity contribution in [3.05, 3.63) is 29.8 Å². The summed E-state index contributed by atoms with van der Waals surface area (Å²) in [6, 6.07) is 6.17. The van der Waals surface area contributed by atoms with Crippen molar-refractivity contribution < 1.29 is 0 Å². The minimum Gasteiger partial charge on any atom is -0.323 e. The first-order valence-corrected chi connectivity index (χ1v) is 4.83. The zero-order valence-electron chi connectivity index (χ0n) is 6.77. The van der Waals surface area contributed by atoms with E-state index in [4.69, 9.17) is 5.84 Å². The number of benzene rings is 1. The van der Waals surface area contributed by atoms with Gasteiger partial charge in [0.05, 0.1) is 11.7 Å². The molecule has 0 atom stereocenters. The fourth-order valence-corrected chi connectivity index (χ4v) is 2.46. The van der Waals surface area contributed by atoms with Gasteiger partial charge in [0.15, 0.2) is 0 Å². The maximum absolute atomic E-state index is 5.65. The Morgan fingerprint density at radius 2 is 2.23 bits per heavy atom. The van der Waals surface area contributed by atoms with E-state index >= 15 is 0 Å². The predicted molar refractivity (Wildman–Crippen MR) is 55.3 cm³/mol. The van der Waals surface area contributed by atoms with E-state index in [1.165, 1.54) is 14.9 Å². The van der Waals surface area contributed by atoms with Crippen LogP contribution in [0.25, 0.3) is 21.0 Å². The van der Waals surface area contributed by atoms with Gasteiger partial charge in [-0.25, -0.2) is 0 Å². The quantitative estimate of drug-likeness (QED) is 0.549. The molecule has 0 amide bonds. The predicted octanol–water partition coefficient (Wildman–Crippen LogP) is 1.96. The third-order valence-electron chi connectivity index (χ3n) is 2.20. The Morgan fingerprint density at radius 1 is 1.31 bits per heavy atom. The third-order valence-corrected chi connectivity index (χ3v) is 3.16. The summed E-state index contributed by atoms with van der Waals surface area (Å²) in [7, 11) is 0. The molecule has 0 bridgehead atoms. The van der Waals surface area contributed by atoms with Gasteiger partial charge in [0.2, 0.25) is 0 Å². The number of thiophene rings is 1. The van der Waals surface area contributed by atoms with Crippen LogP contribution in [0.4, 0.5) is 0 Å². The molecule has 0 unspecified atom stereocenters. The molecule has 4 heteroatoms. The zero-order valence-corrected chi connectivity index (χ0v) is 7.58. The van der Waals surface area contributed by atoms with Gasteiger partial charge in [0.1, 0.15) is 0 Å². The molecule has 0 aliphatic carbocycles. The second kappa shape index (κ2) is 2.23. The SMILES string of the molecule is Nn1ncc2c3sccc3ccc21. The summed E-state index contributed by atoms with van der Waals surface area (Å²) in [6.07, 6.45) is 1.81. The Bertz CT molecular complexity index is 579. The molecule has 3 aromatic rings. The summed E-state index contributed by atoms with van der Waals surface area (Å²) < 4.78 is 1.26. The molecule has 0 fully saturated rings. The van der Waals surface area contributed by atoms with E-state index < -0.39 is 0 Å². The van der Waals surface area contributed by atoms with Gasteiger partial charge in [-0.05, 0) is 22.9 Å². The molecular weight excluding hydrogens is 182 g/mol. The normalized spacial score (nSPS) is 11.4. The fraction of sp³-hybridized carbons (Fsp3) is 0. The monoisotopic (exact) mass is 189 g/mol. The summed E-state index contributed by atoms with van der Waals surface area (Å²) in [6.45, 7) is 0.